The third kappa shape index (κ3) is 1.87. The maximum Gasteiger partial charge on any atom is 0.157 e. The van der Waals surface area contributed by atoms with Gasteiger partial charge in [-0.15, -0.1) is 0 Å². The van der Waals surface area contributed by atoms with E-state index >= 15 is 0 Å². The monoisotopic (exact) mass is 232 g/mol. The van der Waals surface area contributed by atoms with Crippen LogP contribution in [0.25, 0.3) is 0 Å². The average molecular weight is 232 g/mol. The summed E-state index contributed by atoms with van der Waals surface area (Å²) in [7, 11) is 1.79. The molecule has 2 aliphatic rings. The lowest BCUT2D eigenvalue weighted by Gasteiger charge is -2.37. The van der Waals surface area contributed by atoms with Crippen molar-refractivity contribution in [3.05, 3.63) is 0 Å². The average Bonchev–Trinajstić information content (AvgIpc) is 2.66. The molecule has 1 heterocycles. The van der Waals surface area contributed by atoms with Crippen LogP contribution in [0.2, 0.25) is 0 Å². The van der Waals surface area contributed by atoms with E-state index in [-0.39, 0.29) is 23.8 Å². The molecular formula is C9H16N2O3S. The standard InChI is InChI=1S/C9H16N2O3S/c1-10-9-11-6-5(15-9)2-4(3-12)7(13)8(6)14/h4-8,12-14H,2-3H2,1H3,(H,10,11). The van der Waals surface area contributed by atoms with E-state index in [1.165, 1.54) is 0 Å². The van der Waals surface area contributed by atoms with E-state index in [0.717, 1.165) is 5.17 Å². The molecule has 86 valence electrons. The Hall–Kier alpha value is -0.300. The minimum Gasteiger partial charge on any atom is -0.396 e. The molecule has 1 saturated carbocycles. The third-order valence-electron chi connectivity index (χ3n) is 3.08. The molecule has 0 aromatic heterocycles. The first-order chi connectivity index (χ1) is 7.17. The fourth-order valence-corrected chi connectivity index (χ4v) is 3.46. The minimum atomic E-state index is -0.864. The zero-order valence-corrected chi connectivity index (χ0v) is 9.31. The highest BCUT2D eigenvalue weighted by atomic mass is 32.2. The smallest absolute Gasteiger partial charge is 0.157 e. The summed E-state index contributed by atoms with van der Waals surface area (Å²) in [5, 5.41) is 32.6. The third-order valence-corrected chi connectivity index (χ3v) is 4.38. The second-order valence-corrected chi connectivity index (χ2v) is 5.22. The summed E-state index contributed by atoms with van der Waals surface area (Å²) in [6, 6.07) is -0.241. The highest BCUT2D eigenvalue weighted by Crippen LogP contribution is 2.39. The normalized spacial score (nSPS) is 44.8. The van der Waals surface area contributed by atoms with Crippen LogP contribution < -0.4 is 5.32 Å². The van der Waals surface area contributed by atoms with Crippen molar-refractivity contribution in [1.29, 1.82) is 0 Å². The van der Waals surface area contributed by atoms with Crippen LogP contribution in [0.15, 0.2) is 4.99 Å². The fraction of sp³-hybridized carbons (Fsp3) is 0.889. The van der Waals surface area contributed by atoms with E-state index in [1.54, 1.807) is 18.8 Å². The summed E-state index contributed by atoms with van der Waals surface area (Å²) in [5.74, 6) is -0.236. The van der Waals surface area contributed by atoms with Gasteiger partial charge in [0.15, 0.2) is 5.17 Å². The molecule has 5 atom stereocenters. The first-order valence-corrected chi connectivity index (χ1v) is 5.94. The van der Waals surface area contributed by atoms with Gasteiger partial charge in [0.2, 0.25) is 0 Å². The van der Waals surface area contributed by atoms with Crippen molar-refractivity contribution in [3.63, 3.8) is 0 Å². The Balaban J connectivity index is 2.12. The number of amidine groups is 1. The van der Waals surface area contributed by atoms with Gasteiger partial charge in [0, 0.05) is 24.8 Å². The molecule has 0 amide bonds. The van der Waals surface area contributed by atoms with Crippen LogP contribution in [0.4, 0.5) is 0 Å². The van der Waals surface area contributed by atoms with Gasteiger partial charge in [-0.1, -0.05) is 11.8 Å². The van der Waals surface area contributed by atoms with Gasteiger partial charge < -0.3 is 20.6 Å². The number of thioether (sulfide) groups is 1. The summed E-state index contributed by atoms with van der Waals surface area (Å²) in [6.45, 7) is -0.0864. The lowest BCUT2D eigenvalue weighted by molar-refractivity contribution is -0.0646. The van der Waals surface area contributed by atoms with Crippen LogP contribution in [0.5, 0.6) is 0 Å². The summed E-state index contributed by atoms with van der Waals surface area (Å²) in [4.78, 5) is 4.31. The molecule has 4 N–H and O–H groups in total. The number of aliphatic hydroxyl groups is 3. The van der Waals surface area contributed by atoms with Crippen molar-refractivity contribution in [2.24, 2.45) is 10.9 Å². The molecule has 1 aliphatic heterocycles. The van der Waals surface area contributed by atoms with Crippen molar-refractivity contribution in [2.45, 2.75) is 29.9 Å². The van der Waals surface area contributed by atoms with Crippen LogP contribution in [-0.2, 0) is 0 Å². The summed E-state index contributed by atoms with van der Waals surface area (Å²) in [5.41, 5.74) is 0. The Bertz CT molecular complexity index is 274. The van der Waals surface area contributed by atoms with Gasteiger partial charge in [0.05, 0.1) is 12.1 Å². The van der Waals surface area contributed by atoms with Gasteiger partial charge in [-0.25, -0.2) is 0 Å². The predicted octanol–water partition coefficient (Wildman–Crippen LogP) is -1.22. The van der Waals surface area contributed by atoms with Crippen LogP contribution in [0, 0.1) is 5.92 Å². The lowest BCUT2D eigenvalue weighted by atomic mass is 9.81. The van der Waals surface area contributed by atoms with E-state index in [1.807, 2.05) is 0 Å². The Kier molecular flexibility index (Phi) is 3.20. The molecule has 0 aromatic carbocycles. The van der Waals surface area contributed by atoms with Crippen molar-refractivity contribution in [2.75, 3.05) is 13.7 Å². The summed E-state index contributed by atoms with van der Waals surface area (Å²) in [6.07, 6.45) is -1.03. The number of aliphatic imine (C=N–C) groups is 1. The summed E-state index contributed by atoms with van der Waals surface area (Å²) >= 11 is 1.58. The van der Waals surface area contributed by atoms with Gasteiger partial charge in [-0.2, -0.15) is 0 Å². The van der Waals surface area contributed by atoms with E-state index in [9.17, 15) is 10.2 Å². The SMILES string of the molecule is CNC1=NC2C(CC(CO)C(O)C2O)S1. The highest BCUT2D eigenvalue weighted by molar-refractivity contribution is 8.14. The molecule has 0 saturated heterocycles. The molecule has 5 unspecified atom stereocenters. The summed E-state index contributed by atoms with van der Waals surface area (Å²) < 4.78 is 0. The molecule has 0 radical (unpaired) electrons. The van der Waals surface area contributed by atoms with Crippen LogP contribution >= 0.6 is 11.8 Å². The Morgan fingerprint density at radius 2 is 2.20 bits per heavy atom. The maximum absolute atomic E-state index is 9.85. The number of rotatable bonds is 1. The number of hydrogen-bond donors (Lipinski definition) is 4. The molecular weight excluding hydrogens is 216 g/mol. The molecule has 15 heavy (non-hydrogen) atoms. The van der Waals surface area contributed by atoms with Gasteiger partial charge in [0.25, 0.3) is 0 Å². The van der Waals surface area contributed by atoms with Gasteiger partial charge in [0.1, 0.15) is 6.10 Å². The van der Waals surface area contributed by atoms with Crippen molar-refractivity contribution in [3.8, 4) is 0 Å². The van der Waals surface area contributed by atoms with Crippen LogP contribution in [-0.4, -0.2) is 57.6 Å². The maximum atomic E-state index is 9.85. The predicted molar refractivity (Wildman–Crippen MR) is 58.9 cm³/mol. The lowest BCUT2D eigenvalue weighted by Crippen LogP contribution is -2.51. The zero-order valence-electron chi connectivity index (χ0n) is 8.50. The molecule has 1 fully saturated rings. The largest absolute Gasteiger partial charge is 0.396 e. The first kappa shape index (κ1) is 11.2. The van der Waals surface area contributed by atoms with Gasteiger partial charge in [-0.3, -0.25) is 4.99 Å². The van der Waals surface area contributed by atoms with Gasteiger partial charge >= 0.3 is 0 Å². The number of aliphatic hydroxyl groups excluding tert-OH is 3. The van der Waals surface area contributed by atoms with Crippen molar-refractivity contribution >= 4 is 16.9 Å². The minimum absolute atomic E-state index is 0.0864. The van der Waals surface area contributed by atoms with Crippen LogP contribution in [0.3, 0.4) is 0 Å². The topological polar surface area (TPSA) is 85.1 Å². The number of nitrogens with one attached hydrogen (secondary N) is 1. The second kappa shape index (κ2) is 4.29. The molecule has 0 spiro atoms. The Morgan fingerprint density at radius 1 is 1.47 bits per heavy atom. The van der Waals surface area contributed by atoms with Crippen molar-refractivity contribution < 1.29 is 15.3 Å². The zero-order chi connectivity index (χ0) is 11.0. The number of fused-ring (bicyclic) bond motifs is 1. The number of hydrogen-bond acceptors (Lipinski definition) is 6. The van der Waals surface area contributed by atoms with E-state index in [0.29, 0.717) is 6.42 Å². The van der Waals surface area contributed by atoms with E-state index < -0.39 is 12.2 Å². The quantitative estimate of drug-likeness (QED) is 0.455. The van der Waals surface area contributed by atoms with Crippen molar-refractivity contribution in [1.82, 2.24) is 5.32 Å². The Morgan fingerprint density at radius 3 is 2.80 bits per heavy atom. The molecule has 0 aromatic rings. The molecule has 1 aliphatic carbocycles. The Labute approximate surface area is 92.6 Å². The first-order valence-electron chi connectivity index (χ1n) is 5.06. The molecule has 2 rings (SSSR count). The fourth-order valence-electron chi connectivity index (χ4n) is 2.17. The second-order valence-electron chi connectivity index (χ2n) is 3.99. The highest BCUT2D eigenvalue weighted by Gasteiger charge is 2.46. The number of nitrogens with zero attached hydrogens (tertiary/aromatic N) is 1. The molecule has 5 nitrogen and oxygen atoms in total. The van der Waals surface area contributed by atoms with Gasteiger partial charge in [-0.05, 0) is 6.42 Å². The molecule has 6 heteroatoms. The van der Waals surface area contributed by atoms with E-state index in [4.69, 9.17) is 5.11 Å². The molecule has 0 bridgehead atoms. The van der Waals surface area contributed by atoms with E-state index in [2.05, 4.69) is 10.3 Å². The van der Waals surface area contributed by atoms with Crippen LogP contribution in [0.1, 0.15) is 6.42 Å².